The Labute approximate surface area is 106 Å². The highest BCUT2D eigenvalue weighted by Crippen LogP contribution is 2.47. The summed E-state index contributed by atoms with van der Waals surface area (Å²) < 4.78 is 6.72. The van der Waals surface area contributed by atoms with Gasteiger partial charge in [-0.15, -0.1) is 0 Å². The van der Waals surface area contributed by atoms with Crippen molar-refractivity contribution in [2.24, 2.45) is 17.1 Å². The fourth-order valence-corrected chi connectivity index (χ4v) is 3.30. The van der Waals surface area contributed by atoms with E-state index in [1.807, 2.05) is 6.07 Å². The van der Waals surface area contributed by atoms with E-state index in [-0.39, 0.29) is 0 Å². The Balaban J connectivity index is 2.25. The molecular formula is C13H20BrNO. The first kappa shape index (κ1) is 12.2. The molecule has 1 aromatic heterocycles. The number of furan rings is 1. The van der Waals surface area contributed by atoms with Crippen molar-refractivity contribution in [2.45, 2.75) is 39.0 Å². The van der Waals surface area contributed by atoms with Crippen molar-refractivity contribution in [3.05, 3.63) is 22.6 Å². The van der Waals surface area contributed by atoms with Gasteiger partial charge in [-0.05, 0) is 59.1 Å². The molecule has 0 saturated heterocycles. The highest BCUT2D eigenvalue weighted by molar-refractivity contribution is 9.10. The predicted molar refractivity (Wildman–Crippen MR) is 69.3 cm³/mol. The van der Waals surface area contributed by atoms with Crippen LogP contribution in [0.1, 0.15) is 44.8 Å². The summed E-state index contributed by atoms with van der Waals surface area (Å²) in [4.78, 5) is 0. The lowest BCUT2D eigenvalue weighted by atomic mass is 9.66. The number of hydrogen-bond donors (Lipinski definition) is 1. The van der Waals surface area contributed by atoms with E-state index in [1.165, 1.54) is 19.3 Å². The van der Waals surface area contributed by atoms with Gasteiger partial charge in [-0.1, -0.05) is 13.8 Å². The first-order chi connectivity index (χ1) is 7.53. The molecule has 1 heterocycles. The average Bonchev–Trinajstić information content (AvgIpc) is 2.63. The van der Waals surface area contributed by atoms with Crippen molar-refractivity contribution >= 4 is 15.9 Å². The van der Waals surface area contributed by atoms with Crippen LogP contribution in [0.25, 0.3) is 0 Å². The summed E-state index contributed by atoms with van der Waals surface area (Å²) in [6, 6.07) is 1.98. The summed E-state index contributed by atoms with van der Waals surface area (Å²) in [5.74, 6) is 2.12. The molecule has 1 aliphatic rings. The molecule has 1 saturated carbocycles. The Morgan fingerprint density at radius 3 is 2.88 bits per heavy atom. The second-order valence-electron chi connectivity index (χ2n) is 5.64. The first-order valence-corrected chi connectivity index (χ1v) is 6.76. The monoisotopic (exact) mass is 285 g/mol. The molecule has 0 spiro atoms. The van der Waals surface area contributed by atoms with Crippen LogP contribution in [0.2, 0.25) is 0 Å². The molecule has 0 radical (unpaired) electrons. The van der Waals surface area contributed by atoms with Crippen molar-refractivity contribution < 1.29 is 4.42 Å². The molecule has 2 nitrogen and oxygen atoms in total. The van der Waals surface area contributed by atoms with Gasteiger partial charge in [0.05, 0.1) is 10.7 Å². The van der Waals surface area contributed by atoms with Crippen molar-refractivity contribution in [2.75, 3.05) is 6.54 Å². The Morgan fingerprint density at radius 2 is 2.31 bits per heavy atom. The maximum absolute atomic E-state index is 5.88. The number of rotatable bonds is 2. The van der Waals surface area contributed by atoms with Crippen molar-refractivity contribution in [1.82, 2.24) is 0 Å². The zero-order valence-corrected chi connectivity index (χ0v) is 11.6. The third-order valence-electron chi connectivity index (χ3n) is 3.82. The molecule has 0 amide bonds. The standard InChI is InChI=1S/C13H20BrNO/c1-13(2)5-3-9(8-15)10(7-13)12-11(14)4-6-16-12/h4,6,9-10H,3,5,7-8,15H2,1-2H3. The molecule has 0 aliphatic heterocycles. The first-order valence-electron chi connectivity index (χ1n) is 5.96. The molecule has 0 bridgehead atoms. The topological polar surface area (TPSA) is 39.2 Å². The SMILES string of the molecule is CC1(C)CCC(CN)C(c2occc2Br)C1. The molecular weight excluding hydrogens is 266 g/mol. The molecule has 16 heavy (non-hydrogen) atoms. The summed E-state index contributed by atoms with van der Waals surface area (Å²) in [6.07, 6.45) is 5.40. The Kier molecular flexibility index (Phi) is 3.45. The van der Waals surface area contributed by atoms with E-state index >= 15 is 0 Å². The van der Waals surface area contributed by atoms with Crippen LogP contribution in [-0.2, 0) is 0 Å². The summed E-state index contributed by atoms with van der Waals surface area (Å²) >= 11 is 3.56. The third kappa shape index (κ3) is 2.35. The number of hydrogen-bond acceptors (Lipinski definition) is 2. The van der Waals surface area contributed by atoms with E-state index < -0.39 is 0 Å². The summed E-state index contributed by atoms with van der Waals surface area (Å²) in [6.45, 7) is 5.43. The van der Waals surface area contributed by atoms with Gasteiger partial charge < -0.3 is 10.2 Å². The molecule has 90 valence electrons. The molecule has 2 rings (SSSR count). The van der Waals surface area contributed by atoms with E-state index in [1.54, 1.807) is 6.26 Å². The molecule has 2 atom stereocenters. The zero-order valence-electron chi connectivity index (χ0n) is 10.0. The van der Waals surface area contributed by atoms with Gasteiger partial charge in [-0.2, -0.15) is 0 Å². The molecule has 2 unspecified atom stereocenters. The van der Waals surface area contributed by atoms with Gasteiger partial charge in [-0.3, -0.25) is 0 Å². The second kappa shape index (κ2) is 4.53. The normalized spacial score (nSPS) is 29.2. The van der Waals surface area contributed by atoms with Crippen LogP contribution in [0.15, 0.2) is 21.2 Å². The lowest BCUT2D eigenvalue weighted by Gasteiger charge is -2.39. The van der Waals surface area contributed by atoms with Gasteiger partial charge in [0, 0.05) is 5.92 Å². The van der Waals surface area contributed by atoms with Crippen LogP contribution in [0.5, 0.6) is 0 Å². The quantitative estimate of drug-likeness (QED) is 0.895. The summed E-state index contributed by atoms with van der Waals surface area (Å²) in [5.41, 5.74) is 6.29. The van der Waals surface area contributed by atoms with Gasteiger partial charge in [0.1, 0.15) is 5.76 Å². The lowest BCUT2D eigenvalue weighted by molar-refractivity contribution is 0.151. The maximum atomic E-state index is 5.88. The number of nitrogens with two attached hydrogens (primary N) is 1. The second-order valence-corrected chi connectivity index (χ2v) is 6.50. The molecule has 0 aromatic carbocycles. The van der Waals surface area contributed by atoms with Crippen LogP contribution in [0.4, 0.5) is 0 Å². The third-order valence-corrected chi connectivity index (χ3v) is 4.47. The Morgan fingerprint density at radius 1 is 1.56 bits per heavy atom. The Hall–Kier alpha value is -0.280. The molecule has 1 aromatic rings. The van der Waals surface area contributed by atoms with Gasteiger partial charge in [-0.25, -0.2) is 0 Å². The minimum absolute atomic E-state index is 0.405. The van der Waals surface area contributed by atoms with E-state index in [2.05, 4.69) is 29.8 Å². The highest BCUT2D eigenvalue weighted by Gasteiger charge is 2.37. The largest absolute Gasteiger partial charge is 0.468 e. The van der Waals surface area contributed by atoms with Crippen molar-refractivity contribution in [3.63, 3.8) is 0 Å². The van der Waals surface area contributed by atoms with Crippen LogP contribution in [0.3, 0.4) is 0 Å². The highest BCUT2D eigenvalue weighted by atomic mass is 79.9. The zero-order chi connectivity index (χ0) is 11.8. The van der Waals surface area contributed by atoms with E-state index in [9.17, 15) is 0 Å². The van der Waals surface area contributed by atoms with Crippen LogP contribution < -0.4 is 5.73 Å². The van der Waals surface area contributed by atoms with Crippen molar-refractivity contribution in [1.29, 1.82) is 0 Å². The fourth-order valence-electron chi connectivity index (χ4n) is 2.80. The molecule has 2 N–H and O–H groups in total. The minimum Gasteiger partial charge on any atom is -0.468 e. The summed E-state index contributed by atoms with van der Waals surface area (Å²) in [5, 5.41) is 0. The van der Waals surface area contributed by atoms with Gasteiger partial charge >= 0.3 is 0 Å². The predicted octanol–water partition coefficient (Wildman–Crippen LogP) is 3.91. The van der Waals surface area contributed by atoms with E-state index in [4.69, 9.17) is 10.2 Å². The van der Waals surface area contributed by atoms with Gasteiger partial charge in [0.25, 0.3) is 0 Å². The van der Waals surface area contributed by atoms with E-state index in [0.29, 0.717) is 17.3 Å². The summed E-state index contributed by atoms with van der Waals surface area (Å²) in [7, 11) is 0. The fraction of sp³-hybridized carbons (Fsp3) is 0.692. The van der Waals surface area contributed by atoms with Gasteiger partial charge in [0.2, 0.25) is 0 Å². The maximum Gasteiger partial charge on any atom is 0.121 e. The molecule has 3 heteroatoms. The smallest absolute Gasteiger partial charge is 0.121 e. The van der Waals surface area contributed by atoms with Crippen molar-refractivity contribution in [3.8, 4) is 0 Å². The molecule has 1 aliphatic carbocycles. The van der Waals surface area contributed by atoms with Gasteiger partial charge in [0.15, 0.2) is 0 Å². The molecule has 1 fully saturated rings. The van der Waals surface area contributed by atoms with Crippen LogP contribution >= 0.6 is 15.9 Å². The van der Waals surface area contributed by atoms with E-state index in [0.717, 1.165) is 16.8 Å². The van der Waals surface area contributed by atoms with Crippen LogP contribution in [-0.4, -0.2) is 6.54 Å². The average molecular weight is 286 g/mol. The van der Waals surface area contributed by atoms with Crippen LogP contribution in [0, 0.1) is 11.3 Å². The lowest BCUT2D eigenvalue weighted by Crippen LogP contribution is -2.32. The Bertz CT molecular complexity index is 359. The number of halogens is 1. The minimum atomic E-state index is 0.405.